The molecule has 0 atom stereocenters. The summed E-state index contributed by atoms with van der Waals surface area (Å²) in [5.74, 6) is -0.596. The summed E-state index contributed by atoms with van der Waals surface area (Å²) in [5, 5.41) is 0.332. The van der Waals surface area contributed by atoms with Crippen LogP contribution < -0.4 is 0 Å². The Bertz CT molecular complexity index is 882. The van der Waals surface area contributed by atoms with E-state index in [1.807, 2.05) is 0 Å². The summed E-state index contributed by atoms with van der Waals surface area (Å²) >= 11 is 0. The maximum Gasteiger partial charge on any atom is 0.416 e. The number of aromatic nitrogens is 1. The van der Waals surface area contributed by atoms with Crippen LogP contribution in [0.4, 0.5) is 13.2 Å². The van der Waals surface area contributed by atoms with Crippen molar-refractivity contribution in [1.82, 2.24) is 4.98 Å². The predicted octanol–water partition coefficient (Wildman–Crippen LogP) is 5.03. The normalized spacial score (nSPS) is 11.7. The maximum atomic E-state index is 13.0. The topological polar surface area (TPSA) is 42.1 Å². The van der Waals surface area contributed by atoms with Gasteiger partial charge in [-0.15, -0.1) is 0 Å². The third-order valence-corrected chi connectivity index (χ3v) is 3.67. The van der Waals surface area contributed by atoms with Crippen molar-refractivity contribution in [3.63, 3.8) is 0 Å². The highest BCUT2D eigenvalue weighted by atomic mass is 19.4. The molecule has 124 valence electrons. The van der Waals surface area contributed by atoms with Crippen molar-refractivity contribution in [3.8, 4) is 11.1 Å². The molecule has 1 heterocycles. The fraction of sp³-hybridized carbons (Fsp3) is 0.167. The van der Waals surface area contributed by atoms with E-state index in [1.54, 1.807) is 37.3 Å². The molecule has 0 aliphatic heterocycles. The van der Waals surface area contributed by atoms with Gasteiger partial charge in [-0.3, -0.25) is 0 Å². The zero-order valence-corrected chi connectivity index (χ0v) is 12.8. The molecule has 0 fully saturated rings. The van der Waals surface area contributed by atoms with Crippen molar-refractivity contribution in [2.24, 2.45) is 0 Å². The number of aromatic amines is 1. The minimum Gasteiger partial charge on any atom is -0.461 e. The van der Waals surface area contributed by atoms with Gasteiger partial charge in [0.15, 0.2) is 0 Å². The zero-order valence-electron chi connectivity index (χ0n) is 12.8. The Morgan fingerprint density at radius 3 is 2.46 bits per heavy atom. The minimum absolute atomic E-state index is 0.150. The van der Waals surface area contributed by atoms with E-state index >= 15 is 0 Å². The summed E-state index contributed by atoms with van der Waals surface area (Å²) in [4.78, 5) is 15.1. The van der Waals surface area contributed by atoms with E-state index in [1.165, 1.54) is 6.07 Å². The van der Waals surface area contributed by atoms with Crippen LogP contribution in [0.5, 0.6) is 0 Å². The van der Waals surface area contributed by atoms with E-state index < -0.39 is 17.7 Å². The van der Waals surface area contributed by atoms with Crippen molar-refractivity contribution >= 4 is 16.9 Å². The zero-order chi connectivity index (χ0) is 17.3. The molecule has 0 saturated heterocycles. The Morgan fingerprint density at radius 1 is 1.12 bits per heavy atom. The molecular weight excluding hydrogens is 319 g/mol. The second-order valence-corrected chi connectivity index (χ2v) is 5.22. The lowest BCUT2D eigenvalue weighted by Gasteiger charge is -2.08. The second kappa shape index (κ2) is 6.03. The van der Waals surface area contributed by atoms with Gasteiger partial charge in [0.1, 0.15) is 5.69 Å². The molecule has 1 N–H and O–H groups in total. The quantitative estimate of drug-likeness (QED) is 0.683. The highest BCUT2D eigenvalue weighted by molar-refractivity contribution is 6.08. The van der Waals surface area contributed by atoms with E-state index in [2.05, 4.69) is 4.98 Å². The van der Waals surface area contributed by atoms with Crippen LogP contribution in [-0.2, 0) is 10.9 Å². The lowest BCUT2D eigenvalue weighted by atomic mass is 10.0. The van der Waals surface area contributed by atoms with Crippen molar-refractivity contribution in [1.29, 1.82) is 0 Å². The van der Waals surface area contributed by atoms with Gasteiger partial charge in [0, 0.05) is 16.5 Å². The number of ether oxygens (including phenoxy) is 1. The first-order valence-corrected chi connectivity index (χ1v) is 7.37. The lowest BCUT2D eigenvalue weighted by Crippen LogP contribution is -2.06. The summed E-state index contributed by atoms with van der Waals surface area (Å²) < 4.78 is 44.1. The van der Waals surface area contributed by atoms with Crippen LogP contribution in [0.25, 0.3) is 22.0 Å². The number of H-pyrrole nitrogens is 1. The fourth-order valence-electron chi connectivity index (χ4n) is 2.63. The number of esters is 1. The standard InChI is InChI=1S/C18H14F3NO2/c1-2-24-17(23)16-15(11-6-4-3-5-7-11)13-10-12(18(19,20)21)8-9-14(13)22-16/h3-10,22H,2H2,1H3. The third-order valence-electron chi connectivity index (χ3n) is 3.67. The summed E-state index contributed by atoms with van der Waals surface area (Å²) in [7, 11) is 0. The Hall–Kier alpha value is -2.76. The molecule has 0 unspecified atom stereocenters. The molecule has 0 spiro atoms. The van der Waals surface area contributed by atoms with Gasteiger partial charge in [-0.1, -0.05) is 30.3 Å². The second-order valence-electron chi connectivity index (χ2n) is 5.22. The Morgan fingerprint density at radius 2 is 1.83 bits per heavy atom. The van der Waals surface area contributed by atoms with E-state index in [-0.39, 0.29) is 12.3 Å². The van der Waals surface area contributed by atoms with Gasteiger partial charge in [-0.2, -0.15) is 13.2 Å². The molecule has 0 radical (unpaired) electrons. The van der Waals surface area contributed by atoms with Crippen LogP contribution in [0, 0.1) is 0 Å². The predicted molar refractivity (Wildman–Crippen MR) is 84.7 cm³/mol. The molecule has 3 aromatic rings. The number of fused-ring (bicyclic) bond motifs is 1. The molecule has 3 rings (SSSR count). The first-order chi connectivity index (χ1) is 11.4. The van der Waals surface area contributed by atoms with Crippen LogP contribution in [0.15, 0.2) is 48.5 Å². The molecule has 0 bridgehead atoms. The lowest BCUT2D eigenvalue weighted by molar-refractivity contribution is -0.137. The average molecular weight is 333 g/mol. The van der Waals surface area contributed by atoms with Crippen molar-refractivity contribution in [2.75, 3.05) is 6.61 Å². The number of benzene rings is 2. The highest BCUT2D eigenvalue weighted by Gasteiger charge is 2.31. The number of alkyl halides is 3. The Kier molecular flexibility index (Phi) is 4.05. The molecule has 0 saturated carbocycles. The molecular formula is C18H14F3NO2. The van der Waals surface area contributed by atoms with Crippen molar-refractivity contribution < 1.29 is 22.7 Å². The smallest absolute Gasteiger partial charge is 0.416 e. The SMILES string of the molecule is CCOC(=O)c1[nH]c2ccc(C(F)(F)F)cc2c1-c1ccccc1. The van der Waals surface area contributed by atoms with Crippen LogP contribution in [0.2, 0.25) is 0 Å². The molecule has 0 amide bonds. The van der Waals surface area contributed by atoms with Gasteiger partial charge in [0.05, 0.1) is 12.2 Å². The molecule has 6 heteroatoms. The largest absolute Gasteiger partial charge is 0.461 e. The van der Waals surface area contributed by atoms with E-state index in [0.29, 0.717) is 22.0 Å². The van der Waals surface area contributed by atoms with Crippen LogP contribution in [0.1, 0.15) is 23.0 Å². The van der Waals surface area contributed by atoms with Gasteiger partial charge in [-0.05, 0) is 30.7 Å². The van der Waals surface area contributed by atoms with E-state index in [0.717, 1.165) is 12.1 Å². The third kappa shape index (κ3) is 2.87. The van der Waals surface area contributed by atoms with Gasteiger partial charge in [-0.25, -0.2) is 4.79 Å². The summed E-state index contributed by atoms with van der Waals surface area (Å²) in [6.07, 6.45) is -4.45. The molecule has 24 heavy (non-hydrogen) atoms. The molecule has 0 aliphatic rings. The van der Waals surface area contributed by atoms with E-state index in [4.69, 9.17) is 4.74 Å². The van der Waals surface area contributed by atoms with Crippen molar-refractivity contribution in [3.05, 3.63) is 59.8 Å². The van der Waals surface area contributed by atoms with Crippen LogP contribution >= 0.6 is 0 Å². The number of rotatable bonds is 3. The van der Waals surface area contributed by atoms with Crippen LogP contribution in [-0.4, -0.2) is 17.6 Å². The summed E-state index contributed by atoms with van der Waals surface area (Å²) in [6, 6.07) is 12.2. The number of hydrogen-bond donors (Lipinski definition) is 1. The average Bonchev–Trinajstić information content (AvgIpc) is 2.93. The molecule has 3 nitrogen and oxygen atoms in total. The van der Waals surface area contributed by atoms with Gasteiger partial charge >= 0.3 is 12.1 Å². The number of hydrogen-bond acceptors (Lipinski definition) is 2. The Labute approximate surface area is 136 Å². The maximum absolute atomic E-state index is 13.0. The Balaban J connectivity index is 2.29. The number of halogens is 3. The van der Waals surface area contributed by atoms with Gasteiger partial charge < -0.3 is 9.72 Å². The number of nitrogens with one attached hydrogen (secondary N) is 1. The highest BCUT2D eigenvalue weighted by Crippen LogP contribution is 2.37. The summed E-state index contributed by atoms with van der Waals surface area (Å²) in [5.41, 5.74) is 0.894. The molecule has 1 aromatic heterocycles. The first kappa shape index (κ1) is 16.1. The number of carbonyl (C=O) groups excluding carboxylic acids is 1. The fourth-order valence-corrected chi connectivity index (χ4v) is 2.63. The van der Waals surface area contributed by atoms with Crippen molar-refractivity contribution in [2.45, 2.75) is 13.1 Å². The monoisotopic (exact) mass is 333 g/mol. The van der Waals surface area contributed by atoms with Crippen LogP contribution in [0.3, 0.4) is 0 Å². The van der Waals surface area contributed by atoms with E-state index in [9.17, 15) is 18.0 Å². The first-order valence-electron chi connectivity index (χ1n) is 7.37. The minimum atomic E-state index is -4.45. The molecule has 0 aliphatic carbocycles. The van der Waals surface area contributed by atoms with Gasteiger partial charge in [0.25, 0.3) is 0 Å². The molecule has 2 aromatic carbocycles. The summed E-state index contributed by atoms with van der Waals surface area (Å²) in [6.45, 7) is 1.85. The van der Waals surface area contributed by atoms with Gasteiger partial charge in [0.2, 0.25) is 0 Å². The number of carbonyl (C=O) groups is 1.